The van der Waals surface area contributed by atoms with Gasteiger partial charge in [-0.15, -0.1) is 0 Å². The van der Waals surface area contributed by atoms with Crippen LogP contribution in [-0.2, 0) is 9.59 Å². The maximum absolute atomic E-state index is 14.1. The highest BCUT2D eigenvalue weighted by atomic mass is 32.2. The zero-order valence-corrected chi connectivity index (χ0v) is 17.6. The molecule has 2 amide bonds. The van der Waals surface area contributed by atoms with E-state index in [0.29, 0.717) is 16.2 Å². The van der Waals surface area contributed by atoms with Gasteiger partial charge in [0.2, 0.25) is 5.91 Å². The number of amides is 2. The van der Waals surface area contributed by atoms with Crippen LogP contribution in [0.3, 0.4) is 0 Å². The fraction of sp³-hybridized carbons (Fsp3) is 0.333. The molecule has 2 aromatic carbocycles. The normalized spacial score (nSPS) is 18.8. The van der Waals surface area contributed by atoms with Crippen LogP contribution in [0.1, 0.15) is 44.1 Å². The quantitative estimate of drug-likeness (QED) is 0.546. The second-order valence-electron chi connectivity index (χ2n) is 7.75. The first-order valence-corrected chi connectivity index (χ1v) is 11.3. The number of benzene rings is 2. The minimum Gasteiger partial charge on any atom is -0.352 e. The molecule has 0 atom stereocenters. The van der Waals surface area contributed by atoms with Gasteiger partial charge >= 0.3 is 0 Å². The summed E-state index contributed by atoms with van der Waals surface area (Å²) >= 11 is 1.31. The summed E-state index contributed by atoms with van der Waals surface area (Å²) in [5.41, 5.74) is 1.07. The van der Waals surface area contributed by atoms with Crippen molar-refractivity contribution in [1.82, 2.24) is 5.32 Å². The number of rotatable bonds is 4. The lowest BCUT2D eigenvalue weighted by Gasteiger charge is -2.30. The van der Waals surface area contributed by atoms with E-state index in [0.717, 1.165) is 30.6 Å². The highest BCUT2D eigenvalue weighted by Crippen LogP contribution is 2.42. The second kappa shape index (κ2) is 9.47. The first-order valence-electron chi connectivity index (χ1n) is 10.5. The van der Waals surface area contributed by atoms with Crippen molar-refractivity contribution < 1.29 is 14.0 Å². The predicted molar refractivity (Wildman–Crippen MR) is 119 cm³/mol. The van der Waals surface area contributed by atoms with Crippen LogP contribution in [0.25, 0.3) is 6.08 Å². The lowest BCUT2D eigenvalue weighted by molar-refractivity contribution is -0.123. The molecule has 1 aliphatic carbocycles. The van der Waals surface area contributed by atoms with Gasteiger partial charge in [0.1, 0.15) is 12.4 Å². The number of para-hydroxylation sites is 1. The highest BCUT2D eigenvalue weighted by Gasteiger charge is 2.31. The average Bonchev–Trinajstić information content (AvgIpc) is 3.01. The molecule has 1 heterocycles. The lowest BCUT2D eigenvalue weighted by Crippen LogP contribution is -2.45. The molecular weight excluding hydrogens is 399 g/mol. The molecule has 0 aromatic heterocycles. The molecular formula is C24H25FN2O2S. The summed E-state index contributed by atoms with van der Waals surface area (Å²) in [5.74, 6) is -0.810. The second-order valence-corrected chi connectivity index (χ2v) is 8.83. The summed E-state index contributed by atoms with van der Waals surface area (Å²) in [7, 11) is 0. The van der Waals surface area contributed by atoms with E-state index in [4.69, 9.17) is 0 Å². The van der Waals surface area contributed by atoms with Crippen molar-refractivity contribution in [1.29, 1.82) is 0 Å². The van der Waals surface area contributed by atoms with Gasteiger partial charge in [0.25, 0.3) is 5.91 Å². The minimum atomic E-state index is -0.380. The van der Waals surface area contributed by atoms with E-state index in [1.54, 1.807) is 24.3 Å². The molecule has 1 saturated carbocycles. The Hall–Kier alpha value is -2.60. The molecule has 0 unspecified atom stereocenters. The summed E-state index contributed by atoms with van der Waals surface area (Å²) in [6.45, 7) is -0.0402. The molecule has 0 spiro atoms. The number of carbonyl (C=O) groups excluding carboxylic acids is 2. The number of hydrogen-bond donors (Lipinski definition) is 1. The number of nitrogens with zero attached hydrogens (tertiary/aromatic N) is 1. The molecule has 0 radical (unpaired) electrons. The van der Waals surface area contributed by atoms with Gasteiger partial charge in [-0.25, -0.2) is 4.39 Å². The molecule has 0 bridgehead atoms. The highest BCUT2D eigenvalue weighted by molar-refractivity contribution is 8.04. The van der Waals surface area contributed by atoms with E-state index in [1.807, 2.05) is 24.3 Å². The van der Waals surface area contributed by atoms with Crippen molar-refractivity contribution in [3.8, 4) is 0 Å². The van der Waals surface area contributed by atoms with Gasteiger partial charge in [-0.1, -0.05) is 67.8 Å². The van der Waals surface area contributed by atoms with Gasteiger partial charge in [-0.2, -0.15) is 0 Å². The smallest absolute Gasteiger partial charge is 0.265 e. The van der Waals surface area contributed by atoms with Gasteiger partial charge < -0.3 is 5.32 Å². The monoisotopic (exact) mass is 424 g/mol. The van der Waals surface area contributed by atoms with E-state index in [-0.39, 0.29) is 30.2 Å². The SMILES string of the molecule is O=C(CN1C(=O)/C(=C/c2ccccc2F)Sc2ccccc21)NC1CCCCCC1. The average molecular weight is 425 g/mol. The summed E-state index contributed by atoms with van der Waals surface area (Å²) in [4.78, 5) is 28.8. The third-order valence-corrected chi connectivity index (χ3v) is 6.62. The number of hydrogen-bond acceptors (Lipinski definition) is 3. The van der Waals surface area contributed by atoms with Crippen LogP contribution in [0.4, 0.5) is 10.1 Å². The summed E-state index contributed by atoms with van der Waals surface area (Å²) in [5, 5.41) is 3.11. The largest absolute Gasteiger partial charge is 0.352 e. The van der Waals surface area contributed by atoms with Crippen LogP contribution >= 0.6 is 11.8 Å². The maximum atomic E-state index is 14.1. The van der Waals surface area contributed by atoms with Crippen LogP contribution in [-0.4, -0.2) is 24.4 Å². The Balaban J connectivity index is 1.57. The fourth-order valence-corrected chi connectivity index (χ4v) is 5.04. The molecule has 2 aromatic rings. The van der Waals surface area contributed by atoms with E-state index in [2.05, 4.69) is 5.32 Å². The van der Waals surface area contributed by atoms with Gasteiger partial charge in [-0.3, -0.25) is 14.5 Å². The van der Waals surface area contributed by atoms with Crippen LogP contribution in [0.5, 0.6) is 0 Å². The summed E-state index contributed by atoms with van der Waals surface area (Å²) in [6, 6.07) is 14.1. The molecule has 1 fully saturated rings. The van der Waals surface area contributed by atoms with Crippen molar-refractivity contribution >= 4 is 35.3 Å². The number of nitrogens with one attached hydrogen (secondary N) is 1. The Morgan fingerprint density at radius 2 is 1.77 bits per heavy atom. The molecule has 30 heavy (non-hydrogen) atoms. The topological polar surface area (TPSA) is 49.4 Å². The Morgan fingerprint density at radius 1 is 1.07 bits per heavy atom. The van der Waals surface area contributed by atoms with Crippen molar-refractivity contribution in [2.45, 2.75) is 49.5 Å². The number of fused-ring (bicyclic) bond motifs is 1. The fourth-order valence-electron chi connectivity index (χ4n) is 3.99. The van der Waals surface area contributed by atoms with E-state index < -0.39 is 0 Å². The zero-order chi connectivity index (χ0) is 20.9. The van der Waals surface area contributed by atoms with E-state index in [9.17, 15) is 14.0 Å². The maximum Gasteiger partial charge on any atom is 0.265 e. The summed E-state index contributed by atoms with van der Waals surface area (Å²) < 4.78 is 14.1. The third kappa shape index (κ3) is 4.75. The predicted octanol–water partition coefficient (Wildman–Crippen LogP) is 5.14. The third-order valence-electron chi connectivity index (χ3n) is 5.55. The first-order chi connectivity index (χ1) is 14.6. The molecule has 4 rings (SSSR count). The zero-order valence-electron chi connectivity index (χ0n) is 16.8. The molecule has 2 aliphatic rings. The Bertz CT molecular complexity index is 967. The van der Waals surface area contributed by atoms with Gasteiger partial charge in [0, 0.05) is 16.5 Å². The Labute approximate surface area is 180 Å². The number of thioether (sulfide) groups is 1. The van der Waals surface area contributed by atoms with Crippen molar-refractivity contribution in [2.75, 3.05) is 11.4 Å². The summed E-state index contributed by atoms with van der Waals surface area (Å²) in [6.07, 6.45) is 8.23. The lowest BCUT2D eigenvalue weighted by atomic mass is 10.1. The molecule has 4 nitrogen and oxygen atoms in total. The molecule has 6 heteroatoms. The van der Waals surface area contributed by atoms with Gasteiger partial charge in [0.15, 0.2) is 0 Å². The molecule has 0 saturated heterocycles. The molecule has 156 valence electrons. The van der Waals surface area contributed by atoms with Crippen LogP contribution in [0.15, 0.2) is 58.3 Å². The van der Waals surface area contributed by atoms with Crippen LogP contribution in [0, 0.1) is 5.82 Å². The molecule has 1 N–H and O–H groups in total. The van der Waals surface area contributed by atoms with E-state index in [1.165, 1.54) is 35.6 Å². The molecule has 1 aliphatic heterocycles. The first kappa shape index (κ1) is 20.7. The number of carbonyl (C=O) groups is 2. The number of anilines is 1. The van der Waals surface area contributed by atoms with Crippen molar-refractivity contribution in [3.05, 3.63) is 64.8 Å². The van der Waals surface area contributed by atoms with Crippen molar-refractivity contribution in [3.63, 3.8) is 0 Å². The van der Waals surface area contributed by atoms with Crippen LogP contribution < -0.4 is 10.2 Å². The Kier molecular flexibility index (Phi) is 6.53. The standard InChI is InChI=1S/C24H25FN2O2S/c25-19-12-6-5-9-17(19)15-22-24(29)27(20-13-7-8-14-21(20)30-22)16-23(28)26-18-10-3-1-2-4-11-18/h5-9,12-15,18H,1-4,10-11,16H2,(H,26,28)/b22-15-. The minimum absolute atomic E-state index is 0.0402. The van der Waals surface area contributed by atoms with Gasteiger partial charge in [0.05, 0.1) is 10.6 Å². The Morgan fingerprint density at radius 3 is 2.53 bits per heavy atom. The van der Waals surface area contributed by atoms with Gasteiger partial charge in [-0.05, 0) is 37.1 Å². The van der Waals surface area contributed by atoms with Crippen LogP contribution in [0.2, 0.25) is 0 Å². The van der Waals surface area contributed by atoms with E-state index >= 15 is 0 Å². The number of halogens is 1. The van der Waals surface area contributed by atoms with Crippen molar-refractivity contribution in [2.24, 2.45) is 0 Å².